The molecule has 0 spiro atoms. The summed E-state index contributed by atoms with van der Waals surface area (Å²) in [5, 5.41) is 0. The van der Waals surface area contributed by atoms with E-state index < -0.39 is 5.91 Å². The molecule has 31 heavy (non-hydrogen) atoms. The van der Waals surface area contributed by atoms with Gasteiger partial charge < -0.3 is 20.1 Å². The van der Waals surface area contributed by atoms with Crippen LogP contribution in [0.4, 0.5) is 0 Å². The number of nitrogens with two attached hydrogens (primary N) is 1. The monoisotopic (exact) mass is 413 g/mol. The van der Waals surface area contributed by atoms with Crippen molar-refractivity contribution >= 4 is 5.91 Å². The maximum Gasteiger partial charge on any atom is 0.254 e. The van der Waals surface area contributed by atoms with Crippen LogP contribution in [0.2, 0.25) is 0 Å². The molecule has 0 saturated carbocycles. The Balaban J connectivity index is 1.50. The summed E-state index contributed by atoms with van der Waals surface area (Å²) in [6.45, 7) is 1.62. The number of piperidine rings is 1. The number of carbonyl (C=O) groups is 1. The quantitative estimate of drug-likeness (QED) is 0.601. The molecule has 156 valence electrons. The van der Waals surface area contributed by atoms with Crippen LogP contribution in [0.1, 0.15) is 34.7 Å². The minimum Gasteiger partial charge on any atom is -0.457 e. The molecule has 2 aromatic carbocycles. The summed E-state index contributed by atoms with van der Waals surface area (Å²) >= 11 is 0. The minimum absolute atomic E-state index is 0.178. The third-order valence-electron chi connectivity index (χ3n) is 5.23. The number of ether oxygens (including phenoxy) is 2. The molecule has 1 aliphatic heterocycles. The Kier molecular flexibility index (Phi) is 6.04. The fourth-order valence-corrected chi connectivity index (χ4v) is 3.63. The van der Waals surface area contributed by atoms with Gasteiger partial charge in [0.05, 0.1) is 0 Å². The number of hydrogen-bond donors (Lipinski definition) is 1. The Hall–Kier alpha value is -3.98. The highest BCUT2D eigenvalue weighted by Gasteiger charge is 2.22. The highest BCUT2D eigenvalue weighted by atomic mass is 16.5. The van der Waals surface area contributed by atoms with Crippen molar-refractivity contribution in [1.29, 1.82) is 0 Å². The van der Waals surface area contributed by atoms with Gasteiger partial charge >= 0.3 is 0 Å². The summed E-state index contributed by atoms with van der Waals surface area (Å²) < 4.78 is 11.6. The van der Waals surface area contributed by atoms with Gasteiger partial charge in [0.1, 0.15) is 22.8 Å². The molecule has 1 saturated heterocycles. The van der Waals surface area contributed by atoms with Crippen molar-refractivity contribution in [2.75, 3.05) is 13.1 Å². The maximum atomic E-state index is 12.1. The second-order valence-corrected chi connectivity index (χ2v) is 7.39. The third kappa shape index (κ3) is 4.96. The Morgan fingerprint density at radius 2 is 1.74 bits per heavy atom. The number of carbonyl (C=O) groups excluding carboxylic acids is 1. The van der Waals surface area contributed by atoms with Crippen LogP contribution in [0, 0.1) is 12.5 Å². The molecular weight excluding hydrogens is 390 g/mol. The largest absolute Gasteiger partial charge is 0.457 e. The molecule has 2 N–H and O–H groups in total. The van der Waals surface area contributed by atoms with Crippen LogP contribution in [0.25, 0.3) is 0 Å². The van der Waals surface area contributed by atoms with Crippen LogP contribution in [0.15, 0.2) is 66.9 Å². The SMILES string of the molecule is C#CN1CCC[C@H](c2cnc(Oc3ccc(Oc4ccccc4)cc3)c(C(N)=O)c2)C1. The third-order valence-corrected chi connectivity index (χ3v) is 5.23. The van der Waals surface area contributed by atoms with E-state index in [0.717, 1.165) is 37.2 Å². The summed E-state index contributed by atoms with van der Waals surface area (Å²) in [7, 11) is 0. The lowest BCUT2D eigenvalue weighted by atomic mass is 9.91. The highest BCUT2D eigenvalue weighted by molar-refractivity contribution is 5.95. The van der Waals surface area contributed by atoms with E-state index in [1.807, 2.05) is 35.2 Å². The van der Waals surface area contributed by atoms with Gasteiger partial charge in [0.15, 0.2) is 0 Å². The number of primary amides is 1. The van der Waals surface area contributed by atoms with Crippen LogP contribution >= 0.6 is 0 Å². The van der Waals surface area contributed by atoms with Gasteiger partial charge in [-0.3, -0.25) is 4.79 Å². The molecule has 1 atom stereocenters. The number of hydrogen-bond acceptors (Lipinski definition) is 5. The molecule has 6 nitrogen and oxygen atoms in total. The second kappa shape index (κ2) is 9.23. The summed E-state index contributed by atoms with van der Waals surface area (Å²) in [6, 6.07) is 21.0. The number of nitrogens with zero attached hydrogens (tertiary/aromatic N) is 2. The number of para-hydroxylation sites is 1. The van der Waals surface area contributed by atoms with Crippen molar-refractivity contribution in [1.82, 2.24) is 9.88 Å². The van der Waals surface area contributed by atoms with Gasteiger partial charge in [0.25, 0.3) is 5.91 Å². The maximum absolute atomic E-state index is 12.1. The van der Waals surface area contributed by atoms with Crippen LogP contribution in [0.3, 0.4) is 0 Å². The summed E-state index contributed by atoms with van der Waals surface area (Å²) in [5.74, 6) is 1.75. The van der Waals surface area contributed by atoms with Crippen LogP contribution in [-0.4, -0.2) is 28.9 Å². The zero-order valence-electron chi connectivity index (χ0n) is 17.0. The normalized spacial score (nSPS) is 15.7. The van der Waals surface area contributed by atoms with Crippen LogP contribution < -0.4 is 15.2 Å². The summed E-state index contributed by atoms with van der Waals surface area (Å²) in [5.41, 5.74) is 6.80. The summed E-state index contributed by atoms with van der Waals surface area (Å²) in [4.78, 5) is 18.4. The van der Waals surface area contributed by atoms with Crippen molar-refractivity contribution in [2.45, 2.75) is 18.8 Å². The van der Waals surface area contributed by atoms with Crippen molar-refractivity contribution < 1.29 is 14.3 Å². The van der Waals surface area contributed by atoms with Gasteiger partial charge in [-0.15, -0.1) is 0 Å². The van der Waals surface area contributed by atoms with E-state index in [1.165, 1.54) is 0 Å². The van der Waals surface area contributed by atoms with Crippen molar-refractivity contribution in [2.24, 2.45) is 5.73 Å². The molecule has 0 unspecified atom stereocenters. The standard InChI is InChI=1S/C25H23N3O3/c1-2-28-14-6-7-18(17-28)19-15-23(24(26)29)25(27-16-19)31-22-12-10-21(11-13-22)30-20-8-4-3-5-9-20/h1,3-5,8-13,15-16,18H,6-7,14,17H2,(H2,26,29)/t18-/m0/s1. The molecule has 6 heteroatoms. The van der Waals surface area contributed by atoms with Gasteiger partial charge in [0, 0.05) is 31.2 Å². The van der Waals surface area contributed by atoms with E-state index in [2.05, 4.69) is 11.0 Å². The Labute approximate surface area is 181 Å². The lowest BCUT2D eigenvalue weighted by molar-refractivity contribution is 0.0997. The number of likely N-dealkylation sites (tertiary alicyclic amines) is 1. The molecule has 0 aliphatic carbocycles. The molecular formula is C25H23N3O3. The Bertz CT molecular complexity index is 1090. The minimum atomic E-state index is -0.585. The van der Waals surface area contributed by atoms with Crippen molar-refractivity contribution in [3.8, 4) is 35.6 Å². The van der Waals surface area contributed by atoms with E-state index in [0.29, 0.717) is 11.5 Å². The van der Waals surface area contributed by atoms with Gasteiger partial charge in [-0.25, -0.2) is 4.98 Å². The van der Waals surface area contributed by atoms with Gasteiger partial charge in [-0.2, -0.15) is 0 Å². The van der Waals surface area contributed by atoms with Crippen LogP contribution in [-0.2, 0) is 0 Å². The zero-order chi connectivity index (χ0) is 21.6. The molecule has 0 bridgehead atoms. The molecule has 0 radical (unpaired) electrons. The number of pyridine rings is 1. The van der Waals surface area contributed by atoms with Crippen molar-refractivity contribution in [3.63, 3.8) is 0 Å². The molecule has 1 amide bonds. The van der Waals surface area contributed by atoms with Crippen LogP contribution in [0.5, 0.6) is 23.1 Å². The number of benzene rings is 2. The first kappa shape index (κ1) is 20.3. The fraction of sp³-hybridized carbons (Fsp3) is 0.200. The van der Waals surface area contributed by atoms with E-state index in [-0.39, 0.29) is 17.4 Å². The van der Waals surface area contributed by atoms with E-state index in [9.17, 15) is 4.79 Å². The van der Waals surface area contributed by atoms with E-state index in [1.54, 1.807) is 36.5 Å². The van der Waals surface area contributed by atoms with Gasteiger partial charge in [-0.1, -0.05) is 24.6 Å². The average molecular weight is 413 g/mol. The number of amides is 1. The molecule has 2 heterocycles. The van der Waals surface area contributed by atoms with Gasteiger partial charge in [-0.05, 0) is 60.9 Å². The first-order valence-electron chi connectivity index (χ1n) is 10.1. The van der Waals surface area contributed by atoms with Crippen molar-refractivity contribution in [3.05, 3.63) is 78.0 Å². The first-order chi connectivity index (χ1) is 15.1. The number of aromatic nitrogens is 1. The lowest BCUT2D eigenvalue weighted by Gasteiger charge is -2.30. The molecule has 1 aliphatic rings. The topological polar surface area (TPSA) is 77.7 Å². The predicted molar refractivity (Wildman–Crippen MR) is 118 cm³/mol. The van der Waals surface area contributed by atoms with Gasteiger partial charge in [0.2, 0.25) is 5.88 Å². The molecule has 1 aromatic heterocycles. The highest BCUT2D eigenvalue weighted by Crippen LogP contribution is 2.31. The first-order valence-corrected chi connectivity index (χ1v) is 10.1. The van der Waals surface area contributed by atoms with E-state index >= 15 is 0 Å². The Morgan fingerprint density at radius 1 is 1.06 bits per heavy atom. The number of rotatable bonds is 6. The molecule has 1 fully saturated rings. The zero-order valence-corrected chi connectivity index (χ0v) is 17.0. The molecule has 4 rings (SSSR count). The fourth-order valence-electron chi connectivity index (χ4n) is 3.63. The molecule has 3 aromatic rings. The lowest BCUT2D eigenvalue weighted by Crippen LogP contribution is -2.30. The van der Waals surface area contributed by atoms with E-state index in [4.69, 9.17) is 21.6 Å². The Morgan fingerprint density at radius 3 is 2.42 bits per heavy atom. The second-order valence-electron chi connectivity index (χ2n) is 7.39. The smallest absolute Gasteiger partial charge is 0.254 e. The summed E-state index contributed by atoms with van der Waals surface area (Å²) in [6.07, 6.45) is 9.26. The predicted octanol–water partition coefficient (Wildman–Crippen LogP) is 4.54. The number of terminal acetylenes is 1. The average Bonchev–Trinajstić information content (AvgIpc) is 2.81.